The van der Waals surface area contributed by atoms with Crippen molar-refractivity contribution in [1.29, 1.82) is 0 Å². The van der Waals surface area contributed by atoms with Gasteiger partial charge in [-0.2, -0.15) is 0 Å². The summed E-state index contributed by atoms with van der Waals surface area (Å²) in [6.45, 7) is 0. The maximum Gasteiger partial charge on any atom is 0.259 e. The highest BCUT2D eigenvalue weighted by Gasteiger charge is 2.43. The van der Waals surface area contributed by atoms with Gasteiger partial charge in [-0.15, -0.1) is 0 Å². The molecule has 2 aliphatic rings. The molecular weight excluding hydrogens is 336 g/mol. The van der Waals surface area contributed by atoms with E-state index in [-0.39, 0.29) is 18.2 Å². The van der Waals surface area contributed by atoms with Crippen LogP contribution in [0.3, 0.4) is 0 Å². The molecule has 0 aliphatic carbocycles. The van der Waals surface area contributed by atoms with E-state index in [4.69, 9.17) is 0 Å². The molecule has 104 valence electrons. The molecule has 1 N–H and O–H groups in total. The predicted octanol–water partition coefficient (Wildman–Crippen LogP) is 1.98. The van der Waals surface area contributed by atoms with Gasteiger partial charge in [-0.05, 0) is 23.6 Å². The molecule has 0 aromatic heterocycles. The number of amides is 3. The van der Waals surface area contributed by atoms with Crippen molar-refractivity contribution in [1.82, 2.24) is 5.32 Å². The Kier molecular flexibility index (Phi) is 2.47. The van der Waals surface area contributed by atoms with Gasteiger partial charge in [0.2, 0.25) is 11.8 Å². The lowest BCUT2D eigenvalue weighted by Crippen LogP contribution is -2.42. The van der Waals surface area contributed by atoms with Crippen LogP contribution in [0.15, 0.2) is 34.8 Å². The summed E-state index contributed by atoms with van der Waals surface area (Å²) >= 11 is 3.47. The average molecular weight is 345 g/mol. The highest BCUT2D eigenvalue weighted by Crippen LogP contribution is 2.41. The van der Waals surface area contributed by atoms with Gasteiger partial charge in [0.1, 0.15) is 6.04 Å². The number of nitrogens with zero attached hydrogens (tertiary/aromatic N) is 1. The average Bonchev–Trinajstić information content (AvgIpc) is 2.92. The van der Waals surface area contributed by atoms with Crippen molar-refractivity contribution in [3.63, 3.8) is 0 Å². The second-order valence-electron chi connectivity index (χ2n) is 5.10. The number of anilines is 1. The smallest absolute Gasteiger partial charge is 0.259 e. The second kappa shape index (κ2) is 4.14. The maximum absolute atomic E-state index is 12.6. The molecule has 1 saturated heterocycles. The first-order chi connectivity index (χ1) is 10.1. The maximum atomic E-state index is 12.6. The first-order valence-electron chi connectivity index (χ1n) is 6.46. The van der Waals surface area contributed by atoms with Gasteiger partial charge in [0.15, 0.2) is 0 Å². The van der Waals surface area contributed by atoms with E-state index in [1.54, 1.807) is 12.1 Å². The van der Waals surface area contributed by atoms with Crippen molar-refractivity contribution in [3.05, 3.63) is 40.4 Å². The van der Waals surface area contributed by atoms with Crippen molar-refractivity contribution < 1.29 is 14.4 Å². The zero-order valence-electron chi connectivity index (χ0n) is 10.7. The molecule has 0 bridgehead atoms. The van der Waals surface area contributed by atoms with Crippen LogP contribution in [0.1, 0.15) is 16.8 Å². The first kappa shape index (κ1) is 12.5. The minimum atomic E-state index is -0.762. The van der Waals surface area contributed by atoms with Crippen LogP contribution in [0.2, 0.25) is 0 Å². The Balaban J connectivity index is 1.95. The van der Waals surface area contributed by atoms with Crippen LogP contribution in [0, 0.1) is 0 Å². The minimum Gasteiger partial charge on any atom is -0.295 e. The number of benzene rings is 2. The molecule has 2 heterocycles. The van der Waals surface area contributed by atoms with E-state index in [1.807, 2.05) is 18.2 Å². The molecule has 3 amide bonds. The first-order valence-corrected chi connectivity index (χ1v) is 7.25. The largest absolute Gasteiger partial charge is 0.295 e. The Morgan fingerprint density at radius 1 is 1.14 bits per heavy atom. The minimum absolute atomic E-state index is 0.0100. The highest BCUT2D eigenvalue weighted by molar-refractivity contribution is 9.10. The second-order valence-corrected chi connectivity index (χ2v) is 5.96. The Morgan fingerprint density at radius 3 is 2.67 bits per heavy atom. The van der Waals surface area contributed by atoms with Crippen molar-refractivity contribution in [3.8, 4) is 0 Å². The molecule has 0 radical (unpaired) electrons. The molecule has 21 heavy (non-hydrogen) atoms. The van der Waals surface area contributed by atoms with Gasteiger partial charge >= 0.3 is 0 Å². The van der Waals surface area contributed by atoms with E-state index in [0.717, 1.165) is 15.2 Å². The number of imide groups is 1. The normalized spacial score (nSPS) is 20.5. The quantitative estimate of drug-likeness (QED) is 0.804. The summed E-state index contributed by atoms with van der Waals surface area (Å²) in [6, 6.07) is 8.37. The third kappa shape index (κ3) is 1.59. The molecule has 2 aromatic carbocycles. The topological polar surface area (TPSA) is 66.5 Å². The lowest BCUT2D eigenvalue weighted by molar-refractivity contribution is -0.125. The lowest BCUT2D eigenvalue weighted by atomic mass is 10.1. The molecular formula is C15H9BrN2O3. The van der Waals surface area contributed by atoms with E-state index in [1.165, 1.54) is 4.90 Å². The zero-order valence-corrected chi connectivity index (χ0v) is 12.3. The van der Waals surface area contributed by atoms with Crippen LogP contribution >= 0.6 is 15.9 Å². The van der Waals surface area contributed by atoms with Gasteiger partial charge in [-0.1, -0.05) is 28.1 Å². The number of halogens is 1. The number of carbonyl (C=O) groups is 3. The molecule has 4 rings (SSSR count). The number of rotatable bonds is 1. The summed E-state index contributed by atoms with van der Waals surface area (Å²) in [5.41, 5.74) is 1.25. The van der Waals surface area contributed by atoms with Gasteiger partial charge in [0.25, 0.3) is 5.91 Å². The molecule has 2 aromatic rings. The summed E-state index contributed by atoms with van der Waals surface area (Å²) in [5, 5.41) is 4.00. The van der Waals surface area contributed by atoms with Crippen molar-refractivity contribution in [2.45, 2.75) is 12.5 Å². The number of carbonyl (C=O) groups excluding carboxylic acids is 3. The van der Waals surface area contributed by atoms with E-state index >= 15 is 0 Å². The summed E-state index contributed by atoms with van der Waals surface area (Å²) < 4.78 is 0.893. The fourth-order valence-corrected chi connectivity index (χ4v) is 3.49. The number of nitrogens with one attached hydrogen (secondary N) is 1. The highest BCUT2D eigenvalue weighted by atomic mass is 79.9. The van der Waals surface area contributed by atoms with Crippen LogP contribution in [0.4, 0.5) is 5.69 Å². The van der Waals surface area contributed by atoms with Gasteiger partial charge in [-0.25, -0.2) is 0 Å². The molecule has 0 saturated carbocycles. The Morgan fingerprint density at radius 2 is 1.95 bits per heavy atom. The van der Waals surface area contributed by atoms with Gasteiger partial charge in [0, 0.05) is 15.4 Å². The molecule has 1 fully saturated rings. The monoisotopic (exact) mass is 344 g/mol. The van der Waals surface area contributed by atoms with Crippen LogP contribution < -0.4 is 10.2 Å². The predicted molar refractivity (Wildman–Crippen MR) is 80.0 cm³/mol. The lowest BCUT2D eigenvalue weighted by Gasteiger charge is -2.22. The van der Waals surface area contributed by atoms with E-state index in [2.05, 4.69) is 21.2 Å². The van der Waals surface area contributed by atoms with Crippen molar-refractivity contribution in [2.75, 3.05) is 4.90 Å². The van der Waals surface area contributed by atoms with Gasteiger partial charge in [-0.3, -0.25) is 24.6 Å². The molecule has 5 nitrogen and oxygen atoms in total. The van der Waals surface area contributed by atoms with E-state index < -0.39 is 11.9 Å². The Labute approximate surface area is 128 Å². The van der Waals surface area contributed by atoms with Crippen molar-refractivity contribution in [2.24, 2.45) is 0 Å². The SMILES string of the molecule is O=C1CC(N2C(=O)c3ccc(Br)c4cccc2c34)C(=O)N1. The molecule has 1 atom stereocenters. The standard InChI is InChI=1S/C15H9BrN2O3/c16-9-5-4-8-13-7(9)2-1-3-10(13)18(15(8)21)11-6-12(19)17-14(11)20/h1-5,11H,6H2,(H,17,19,20). The zero-order chi connectivity index (χ0) is 14.7. The molecule has 6 heteroatoms. The van der Waals surface area contributed by atoms with Crippen molar-refractivity contribution >= 4 is 50.1 Å². The van der Waals surface area contributed by atoms with Gasteiger partial charge < -0.3 is 0 Å². The summed E-state index contributed by atoms with van der Waals surface area (Å²) in [7, 11) is 0. The van der Waals surface area contributed by atoms with Gasteiger partial charge in [0.05, 0.1) is 12.1 Å². The third-order valence-electron chi connectivity index (χ3n) is 3.93. The fraction of sp³-hybridized carbons (Fsp3) is 0.133. The molecule has 2 aliphatic heterocycles. The number of hydrogen-bond donors (Lipinski definition) is 1. The fourth-order valence-electron chi connectivity index (χ4n) is 3.03. The number of hydrogen-bond acceptors (Lipinski definition) is 3. The Hall–Kier alpha value is -2.21. The summed E-state index contributed by atoms with van der Waals surface area (Å²) in [5.74, 6) is -0.997. The Bertz CT molecular complexity index is 846. The van der Waals surface area contributed by atoms with Crippen LogP contribution in [0.25, 0.3) is 10.8 Å². The van der Waals surface area contributed by atoms with Crippen LogP contribution in [0.5, 0.6) is 0 Å². The molecule has 0 spiro atoms. The van der Waals surface area contributed by atoms with E-state index in [9.17, 15) is 14.4 Å². The third-order valence-corrected chi connectivity index (χ3v) is 4.62. The molecule has 1 unspecified atom stereocenters. The summed E-state index contributed by atoms with van der Waals surface area (Å²) in [4.78, 5) is 37.4. The van der Waals surface area contributed by atoms with Crippen LogP contribution in [-0.2, 0) is 9.59 Å². The summed E-state index contributed by atoms with van der Waals surface area (Å²) in [6.07, 6.45) is 0.0100. The van der Waals surface area contributed by atoms with Crippen LogP contribution in [-0.4, -0.2) is 23.8 Å². The van der Waals surface area contributed by atoms with E-state index in [0.29, 0.717) is 11.3 Å².